The van der Waals surface area contributed by atoms with Crippen molar-refractivity contribution < 1.29 is 4.79 Å². The van der Waals surface area contributed by atoms with Crippen molar-refractivity contribution in [3.8, 4) is 0 Å². The van der Waals surface area contributed by atoms with E-state index in [1.807, 2.05) is 17.0 Å². The summed E-state index contributed by atoms with van der Waals surface area (Å²) in [4.78, 5) is 15.2. The molecule has 3 nitrogen and oxygen atoms in total. The Morgan fingerprint density at radius 2 is 1.48 bits per heavy atom. The zero-order valence-corrected chi connectivity index (χ0v) is 17.2. The van der Waals surface area contributed by atoms with E-state index in [1.54, 1.807) is 0 Å². The number of carbonyl (C=O) groups excluding carboxylic acids is 1. The second-order valence-corrected chi connectivity index (χ2v) is 11.5. The molecule has 0 saturated heterocycles. The summed E-state index contributed by atoms with van der Waals surface area (Å²) in [6, 6.07) is 8.63. The highest BCUT2D eigenvalue weighted by Gasteiger charge is 2.34. The molecule has 0 spiro atoms. The highest BCUT2D eigenvalue weighted by molar-refractivity contribution is 6.88. The summed E-state index contributed by atoms with van der Waals surface area (Å²) >= 11 is 0. The van der Waals surface area contributed by atoms with Crippen LogP contribution in [0.2, 0.25) is 13.1 Å². The van der Waals surface area contributed by atoms with E-state index in [4.69, 9.17) is 0 Å². The molecule has 1 aromatic rings. The van der Waals surface area contributed by atoms with Gasteiger partial charge in [-0.25, -0.2) is 0 Å². The third-order valence-corrected chi connectivity index (χ3v) is 8.69. The predicted molar refractivity (Wildman–Crippen MR) is 103 cm³/mol. The molecule has 0 fully saturated rings. The minimum atomic E-state index is -1.85. The lowest BCUT2D eigenvalue weighted by molar-refractivity contribution is 0.0645. The molecule has 1 rings (SSSR count). The summed E-state index contributed by atoms with van der Waals surface area (Å²) in [5.74, 6) is 0.165. The second-order valence-electron chi connectivity index (χ2n) is 7.18. The highest BCUT2D eigenvalue weighted by Crippen LogP contribution is 2.17. The maximum Gasteiger partial charge on any atom is 0.254 e. The highest BCUT2D eigenvalue weighted by atomic mass is 28.3. The standard InChI is InChI=1S/C19H34N2OSi/c1-9-20(10-2)23(7,8)18-14-12-11-13-17(18)19(22)21(15(3)4)16(5)6/h11-16H,9-10H2,1-8H3. The minimum absolute atomic E-state index is 0.165. The van der Waals surface area contributed by atoms with Gasteiger partial charge in [0.05, 0.1) is 0 Å². The number of carbonyl (C=O) groups is 1. The topological polar surface area (TPSA) is 23.6 Å². The number of nitrogens with zero attached hydrogens (tertiary/aromatic N) is 2. The SMILES string of the molecule is CCN(CC)[Si](C)(C)c1ccccc1C(=O)N(C(C)C)C(C)C. The predicted octanol–water partition coefficient (Wildman–Crippen LogP) is 3.70. The van der Waals surface area contributed by atoms with Crippen molar-refractivity contribution in [2.24, 2.45) is 0 Å². The van der Waals surface area contributed by atoms with Crippen LogP contribution in [0.15, 0.2) is 24.3 Å². The summed E-state index contributed by atoms with van der Waals surface area (Å²) in [7, 11) is -1.85. The average Bonchev–Trinajstić information content (AvgIpc) is 2.47. The van der Waals surface area contributed by atoms with E-state index in [-0.39, 0.29) is 18.0 Å². The number of hydrogen-bond acceptors (Lipinski definition) is 2. The Balaban J connectivity index is 3.38. The largest absolute Gasteiger partial charge is 0.334 e. The van der Waals surface area contributed by atoms with Crippen LogP contribution in [0.5, 0.6) is 0 Å². The van der Waals surface area contributed by atoms with E-state index in [0.29, 0.717) is 0 Å². The Hall–Kier alpha value is -1.13. The molecule has 0 heterocycles. The molecule has 0 aliphatic rings. The van der Waals surface area contributed by atoms with Gasteiger partial charge >= 0.3 is 0 Å². The fraction of sp³-hybridized carbons (Fsp3) is 0.632. The normalized spacial score (nSPS) is 12.3. The Bertz CT molecular complexity index is 514. The first-order valence-electron chi connectivity index (χ1n) is 8.85. The second kappa shape index (κ2) is 8.11. The van der Waals surface area contributed by atoms with Crippen LogP contribution in [0.3, 0.4) is 0 Å². The smallest absolute Gasteiger partial charge is 0.254 e. The number of amides is 1. The van der Waals surface area contributed by atoms with Crippen molar-refractivity contribution in [3.63, 3.8) is 0 Å². The molecule has 0 aliphatic carbocycles. The molecule has 0 unspecified atom stereocenters. The van der Waals surface area contributed by atoms with Crippen molar-refractivity contribution in [2.75, 3.05) is 13.1 Å². The van der Waals surface area contributed by atoms with Crippen LogP contribution < -0.4 is 5.19 Å². The molecule has 4 heteroatoms. The van der Waals surface area contributed by atoms with Gasteiger partial charge in [-0.15, -0.1) is 0 Å². The van der Waals surface area contributed by atoms with E-state index in [9.17, 15) is 4.79 Å². The molecule has 0 N–H and O–H groups in total. The molecule has 130 valence electrons. The van der Waals surface area contributed by atoms with Crippen molar-refractivity contribution in [1.82, 2.24) is 9.47 Å². The maximum atomic E-state index is 13.2. The molecule has 0 aliphatic heterocycles. The molecule has 0 saturated carbocycles. The van der Waals surface area contributed by atoms with Crippen molar-refractivity contribution in [1.29, 1.82) is 0 Å². The van der Waals surface area contributed by atoms with Gasteiger partial charge in [0, 0.05) is 17.6 Å². The number of hydrogen-bond donors (Lipinski definition) is 0. The average molecular weight is 335 g/mol. The van der Waals surface area contributed by atoms with Gasteiger partial charge in [-0.1, -0.05) is 45.1 Å². The quantitative estimate of drug-likeness (QED) is 0.710. The van der Waals surface area contributed by atoms with Crippen molar-refractivity contribution in [3.05, 3.63) is 29.8 Å². The van der Waals surface area contributed by atoms with E-state index in [0.717, 1.165) is 18.7 Å². The summed E-state index contributed by atoms with van der Waals surface area (Å²) in [6.07, 6.45) is 0. The van der Waals surface area contributed by atoms with Crippen LogP contribution in [0, 0.1) is 0 Å². The zero-order chi connectivity index (χ0) is 17.8. The molecule has 1 amide bonds. The Morgan fingerprint density at radius 1 is 1.00 bits per heavy atom. The first-order valence-corrected chi connectivity index (χ1v) is 11.8. The van der Waals surface area contributed by atoms with Gasteiger partial charge in [-0.3, -0.25) is 4.79 Å². The molecule has 1 aromatic carbocycles. The summed E-state index contributed by atoms with van der Waals surface area (Å²) in [6.45, 7) is 19.5. The Morgan fingerprint density at radius 3 is 1.91 bits per heavy atom. The van der Waals surface area contributed by atoms with E-state index >= 15 is 0 Å². The van der Waals surface area contributed by atoms with Crippen LogP contribution >= 0.6 is 0 Å². The van der Waals surface area contributed by atoms with Gasteiger partial charge in [0.15, 0.2) is 8.24 Å². The third kappa shape index (κ3) is 4.24. The van der Waals surface area contributed by atoms with Gasteiger partial charge < -0.3 is 9.47 Å². The fourth-order valence-corrected chi connectivity index (χ4v) is 6.87. The minimum Gasteiger partial charge on any atom is -0.334 e. The first kappa shape index (κ1) is 19.9. The third-order valence-electron chi connectivity index (χ3n) is 4.72. The molecular formula is C19H34N2OSi. The molecule has 0 radical (unpaired) electrons. The molecule has 0 aromatic heterocycles. The molecule has 0 bridgehead atoms. The van der Waals surface area contributed by atoms with Gasteiger partial charge in [-0.2, -0.15) is 0 Å². The number of benzene rings is 1. The summed E-state index contributed by atoms with van der Waals surface area (Å²) in [5.41, 5.74) is 0.887. The van der Waals surface area contributed by atoms with E-state index in [2.05, 4.69) is 71.3 Å². The molecule has 23 heavy (non-hydrogen) atoms. The van der Waals surface area contributed by atoms with Crippen molar-refractivity contribution in [2.45, 2.75) is 66.7 Å². The number of rotatable bonds is 7. The van der Waals surface area contributed by atoms with Crippen LogP contribution in [0.1, 0.15) is 51.9 Å². The molecule has 0 atom stereocenters. The van der Waals surface area contributed by atoms with Crippen LogP contribution in [-0.4, -0.2) is 48.8 Å². The summed E-state index contributed by atoms with van der Waals surface area (Å²) in [5, 5.41) is 1.25. The lowest BCUT2D eigenvalue weighted by Crippen LogP contribution is -2.60. The van der Waals surface area contributed by atoms with Crippen LogP contribution in [0.4, 0.5) is 0 Å². The lowest BCUT2D eigenvalue weighted by atomic mass is 10.1. The zero-order valence-electron chi connectivity index (χ0n) is 16.2. The lowest BCUT2D eigenvalue weighted by Gasteiger charge is -2.38. The fourth-order valence-electron chi connectivity index (χ4n) is 3.59. The summed E-state index contributed by atoms with van der Waals surface area (Å²) < 4.78 is 2.54. The van der Waals surface area contributed by atoms with Gasteiger partial charge in [0.25, 0.3) is 5.91 Å². The molecular weight excluding hydrogens is 300 g/mol. The van der Waals surface area contributed by atoms with E-state index in [1.165, 1.54) is 5.19 Å². The van der Waals surface area contributed by atoms with E-state index < -0.39 is 8.24 Å². The van der Waals surface area contributed by atoms with Crippen LogP contribution in [-0.2, 0) is 0 Å². The maximum absolute atomic E-state index is 13.2. The van der Waals surface area contributed by atoms with Gasteiger partial charge in [0.1, 0.15) is 0 Å². The van der Waals surface area contributed by atoms with Gasteiger partial charge in [-0.05, 0) is 52.0 Å². The van der Waals surface area contributed by atoms with Gasteiger partial charge in [0.2, 0.25) is 0 Å². The van der Waals surface area contributed by atoms with Crippen molar-refractivity contribution >= 4 is 19.3 Å². The Kier molecular flexibility index (Phi) is 7.02. The monoisotopic (exact) mass is 334 g/mol. The van der Waals surface area contributed by atoms with Crippen LogP contribution in [0.25, 0.3) is 0 Å². The Labute approximate surface area is 143 Å². The first-order chi connectivity index (χ1) is 10.7.